The van der Waals surface area contributed by atoms with Crippen LogP contribution in [0.15, 0.2) is 29.8 Å². The zero-order valence-electron chi connectivity index (χ0n) is 18.4. The van der Waals surface area contributed by atoms with E-state index in [9.17, 15) is 18.9 Å². The van der Waals surface area contributed by atoms with Crippen LogP contribution in [0, 0.1) is 17.6 Å². The topological polar surface area (TPSA) is 132 Å². The van der Waals surface area contributed by atoms with Crippen molar-refractivity contribution in [1.29, 1.82) is 0 Å². The summed E-state index contributed by atoms with van der Waals surface area (Å²) in [6.45, 7) is 6.26. The number of nitrogens with zero attached hydrogens (tertiary/aromatic N) is 4. The van der Waals surface area contributed by atoms with Gasteiger partial charge in [-0.1, -0.05) is 0 Å². The maximum Gasteiger partial charge on any atom is 0.410 e. The van der Waals surface area contributed by atoms with Crippen molar-refractivity contribution in [2.45, 2.75) is 45.8 Å². The van der Waals surface area contributed by atoms with Crippen LogP contribution in [0.4, 0.5) is 9.18 Å². The Balaban J connectivity index is 1.64. The summed E-state index contributed by atoms with van der Waals surface area (Å²) in [6.07, 6.45) is 1.74. The highest BCUT2D eigenvalue weighted by atomic mass is 19.1. The van der Waals surface area contributed by atoms with Crippen molar-refractivity contribution in [3.05, 3.63) is 46.4 Å². The predicted octanol–water partition coefficient (Wildman–Crippen LogP) is 3.52. The summed E-state index contributed by atoms with van der Waals surface area (Å²) >= 11 is 0. The molecule has 0 aliphatic carbocycles. The number of nitroso groups, excluding NO2 is 1. The molecule has 0 bridgehead atoms. The van der Waals surface area contributed by atoms with Gasteiger partial charge in [0.25, 0.3) is 5.91 Å². The first-order valence-corrected chi connectivity index (χ1v) is 10.3. The molecule has 1 aromatic heterocycles. The van der Waals surface area contributed by atoms with Gasteiger partial charge in [-0.2, -0.15) is 0 Å². The van der Waals surface area contributed by atoms with Crippen molar-refractivity contribution >= 4 is 12.0 Å². The van der Waals surface area contributed by atoms with Crippen LogP contribution >= 0.6 is 0 Å². The minimum atomic E-state index is -0.840. The Morgan fingerprint density at radius 1 is 1.21 bits per heavy atom. The Labute approximate surface area is 189 Å². The number of carbonyl (C=O) groups excluding carboxylic acids is 2. The molecule has 3 rings (SSSR count). The van der Waals surface area contributed by atoms with Gasteiger partial charge >= 0.3 is 6.09 Å². The van der Waals surface area contributed by atoms with Crippen molar-refractivity contribution < 1.29 is 28.2 Å². The Bertz CT molecular complexity index is 1030. The fraction of sp³-hybridized carbons (Fsp3) is 0.429. The number of piperidine rings is 1. The van der Waals surface area contributed by atoms with Crippen LogP contribution in [0.1, 0.15) is 42.6 Å². The summed E-state index contributed by atoms with van der Waals surface area (Å²) in [4.78, 5) is 43.5. The van der Waals surface area contributed by atoms with Gasteiger partial charge in [-0.15, -0.1) is 4.91 Å². The van der Waals surface area contributed by atoms with Crippen LogP contribution in [-0.4, -0.2) is 52.2 Å². The summed E-state index contributed by atoms with van der Waals surface area (Å²) in [6, 6.07) is 3.44. The molecule has 0 spiro atoms. The number of hydrogen-bond acceptors (Lipinski definition) is 9. The second-order valence-corrected chi connectivity index (χ2v) is 7.63. The van der Waals surface area contributed by atoms with Crippen LogP contribution in [0.3, 0.4) is 0 Å². The minimum absolute atomic E-state index is 0.0867. The molecule has 1 saturated heterocycles. The normalized spacial score (nSPS) is 14.0. The third-order valence-corrected chi connectivity index (χ3v) is 4.85. The summed E-state index contributed by atoms with van der Waals surface area (Å²) in [5.41, 5.74) is 2.06. The molecule has 0 radical (unpaired) electrons. The summed E-state index contributed by atoms with van der Waals surface area (Å²) in [5.74, 6) is -1.46. The molecule has 2 heterocycles. The molecule has 1 N–H and O–H groups in total. The number of carbonyl (C=O) groups is 2. The predicted molar refractivity (Wildman–Crippen MR) is 113 cm³/mol. The molecule has 176 valence electrons. The van der Waals surface area contributed by atoms with Gasteiger partial charge in [0.15, 0.2) is 11.6 Å². The lowest BCUT2D eigenvalue weighted by molar-refractivity contribution is 0.0504. The van der Waals surface area contributed by atoms with Crippen LogP contribution in [0.5, 0.6) is 17.5 Å². The van der Waals surface area contributed by atoms with Crippen LogP contribution in [0.25, 0.3) is 0 Å². The average Bonchev–Trinajstić information content (AvgIpc) is 2.78. The first kappa shape index (κ1) is 23.8. The van der Waals surface area contributed by atoms with Crippen LogP contribution in [0.2, 0.25) is 0 Å². The number of amides is 2. The van der Waals surface area contributed by atoms with E-state index in [2.05, 4.69) is 15.3 Å². The van der Waals surface area contributed by atoms with Crippen molar-refractivity contribution in [1.82, 2.24) is 20.3 Å². The van der Waals surface area contributed by atoms with Gasteiger partial charge in [0.05, 0.1) is 17.0 Å². The van der Waals surface area contributed by atoms with Crippen molar-refractivity contribution in [3.8, 4) is 17.5 Å². The van der Waals surface area contributed by atoms with Crippen molar-refractivity contribution in [3.63, 3.8) is 0 Å². The lowest BCUT2D eigenvalue weighted by atomic mass is 10.1. The number of hydrogen-bond donors (Lipinski definition) is 1. The number of rotatable bonds is 7. The van der Waals surface area contributed by atoms with E-state index in [-0.39, 0.29) is 41.4 Å². The SMILES string of the molecule is Cc1c(Oc2ccc(C(=O)NN=O)cc2F)ncnc1OC1CCN(C(=O)OC(C)C)CC1. The highest BCUT2D eigenvalue weighted by Gasteiger charge is 2.26. The molecule has 1 aliphatic rings. The lowest BCUT2D eigenvalue weighted by Gasteiger charge is -2.31. The third kappa shape index (κ3) is 6.11. The van der Waals surface area contributed by atoms with Crippen molar-refractivity contribution in [2.24, 2.45) is 5.29 Å². The number of ether oxygens (including phenoxy) is 3. The molecule has 1 fully saturated rings. The van der Waals surface area contributed by atoms with E-state index in [0.717, 1.165) is 6.07 Å². The Hall–Kier alpha value is -3.83. The highest BCUT2D eigenvalue weighted by molar-refractivity contribution is 5.94. The average molecular weight is 461 g/mol. The maximum atomic E-state index is 14.4. The first-order valence-electron chi connectivity index (χ1n) is 10.3. The number of likely N-dealkylation sites (tertiary alicyclic amines) is 1. The molecule has 33 heavy (non-hydrogen) atoms. The largest absolute Gasteiger partial charge is 0.474 e. The summed E-state index contributed by atoms with van der Waals surface area (Å²) < 4.78 is 31.1. The van der Waals surface area contributed by atoms with Gasteiger partial charge in [-0.05, 0) is 39.0 Å². The van der Waals surface area contributed by atoms with Crippen LogP contribution in [-0.2, 0) is 4.74 Å². The molecule has 1 aromatic carbocycles. The Morgan fingerprint density at radius 3 is 2.55 bits per heavy atom. The highest BCUT2D eigenvalue weighted by Crippen LogP contribution is 2.30. The monoisotopic (exact) mass is 461 g/mol. The molecule has 1 aliphatic heterocycles. The lowest BCUT2D eigenvalue weighted by Crippen LogP contribution is -2.42. The molecule has 0 saturated carbocycles. The van der Waals surface area contributed by atoms with E-state index in [1.807, 2.05) is 0 Å². The molecular weight excluding hydrogens is 437 g/mol. The summed E-state index contributed by atoms with van der Waals surface area (Å²) in [5, 5.41) is 2.27. The zero-order chi connectivity index (χ0) is 24.0. The van der Waals surface area contributed by atoms with E-state index < -0.39 is 11.7 Å². The van der Waals surface area contributed by atoms with Gasteiger partial charge in [-0.25, -0.2) is 24.6 Å². The van der Waals surface area contributed by atoms with E-state index in [1.54, 1.807) is 31.1 Å². The number of aromatic nitrogens is 2. The maximum absolute atomic E-state index is 14.4. The smallest absolute Gasteiger partial charge is 0.410 e. The fourth-order valence-corrected chi connectivity index (χ4v) is 3.17. The molecule has 2 aromatic rings. The molecule has 0 atom stereocenters. The molecule has 2 amide bonds. The van der Waals surface area contributed by atoms with Crippen LogP contribution < -0.4 is 14.9 Å². The number of halogens is 1. The van der Waals surface area contributed by atoms with E-state index in [4.69, 9.17) is 14.2 Å². The Morgan fingerprint density at radius 2 is 1.91 bits per heavy atom. The summed E-state index contributed by atoms with van der Waals surface area (Å²) in [7, 11) is 0. The second-order valence-electron chi connectivity index (χ2n) is 7.63. The van der Waals surface area contributed by atoms with Gasteiger partial charge < -0.3 is 19.1 Å². The first-order chi connectivity index (χ1) is 15.8. The van der Waals surface area contributed by atoms with Gasteiger partial charge in [-0.3, -0.25) is 4.79 Å². The zero-order valence-corrected chi connectivity index (χ0v) is 18.4. The minimum Gasteiger partial charge on any atom is -0.474 e. The number of nitrogens with one attached hydrogen (secondary N) is 1. The van der Waals surface area contributed by atoms with E-state index >= 15 is 0 Å². The Kier molecular flexibility index (Phi) is 7.70. The van der Waals surface area contributed by atoms with Gasteiger partial charge in [0.2, 0.25) is 11.8 Å². The fourth-order valence-electron chi connectivity index (χ4n) is 3.17. The molecule has 0 unspecified atom stereocenters. The quantitative estimate of drug-likeness (QED) is 0.489. The molecular formula is C21H24FN5O6. The standard InChI is InChI=1S/C21H24FN5O6/c1-12(2)31-21(29)27-8-6-15(7-9-27)32-19-13(3)20(24-11-23-19)33-17-5-4-14(10-16(17)22)18(28)25-26-30/h4-5,10-12,15H,6-9H2,1-3H3,(H,25,28,30). The second kappa shape index (κ2) is 10.7. The van der Waals surface area contributed by atoms with E-state index in [1.165, 1.54) is 18.5 Å². The molecule has 11 nitrogen and oxygen atoms in total. The van der Waals surface area contributed by atoms with Gasteiger partial charge in [0, 0.05) is 31.5 Å². The van der Waals surface area contributed by atoms with Gasteiger partial charge in [0.1, 0.15) is 12.4 Å². The third-order valence-electron chi connectivity index (χ3n) is 4.85. The number of benzene rings is 1. The molecule has 12 heteroatoms. The van der Waals surface area contributed by atoms with E-state index in [0.29, 0.717) is 31.5 Å². The van der Waals surface area contributed by atoms with Crippen molar-refractivity contribution in [2.75, 3.05) is 13.1 Å².